The zero-order chi connectivity index (χ0) is 35.3. The van der Waals surface area contributed by atoms with Crippen molar-refractivity contribution in [3.63, 3.8) is 0 Å². The van der Waals surface area contributed by atoms with Gasteiger partial charge >= 0.3 is 37.0 Å². The fraction of sp³-hybridized carbons (Fsp3) is 0.414. The molecule has 0 radical (unpaired) electrons. The Bertz CT molecular complexity index is 1540. The molecular weight excluding hydrogens is 685 g/mol. The Labute approximate surface area is 263 Å². The monoisotopic (exact) mass is 710 g/mol. The molecule has 3 rings (SSSR count). The quantitative estimate of drug-likeness (QED) is 0.0345. The van der Waals surface area contributed by atoms with Crippen molar-refractivity contribution in [2.45, 2.75) is 68.5 Å². The molecule has 0 unspecified atom stereocenters. The summed E-state index contributed by atoms with van der Waals surface area (Å²) < 4.78 is 169. The maximum atomic E-state index is 14.2. The molecule has 1 aromatic heterocycles. The highest BCUT2D eigenvalue weighted by atomic mass is 32.2. The smallest absolute Gasteiger partial charge is 0.456 e. The number of ether oxygens (including phenoxy) is 4. The standard InChI is InChI=1S/C29H25F11O6S/c1-3-5-6-7-17-8-11-20(21(12-17)27(34,35)36)23-13-18-9-10-19(14-22(18)43-23)47-16-26(32,33)45-29(39,40)46-28(37,38)44-25(30,31)15-42-24(41)4-2/h4,8-14H,2-3,5-7,15-16H2,1H3. The van der Waals surface area contributed by atoms with Crippen LogP contribution in [0.1, 0.15) is 37.3 Å². The van der Waals surface area contributed by atoms with Gasteiger partial charge in [-0.15, -0.1) is 29.3 Å². The molecule has 0 spiro atoms. The van der Waals surface area contributed by atoms with Crippen LogP contribution >= 0.6 is 11.8 Å². The minimum absolute atomic E-state index is 0.0560. The van der Waals surface area contributed by atoms with E-state index in [4.69, 9.17) is 4.42 Å². The van der Waals surface area contributed by atoms with Gasteiger partial charge in [0.15, 0.2) is 6.61 Å². The molecule has 0 aliphatic carbocycles. The zero-order valence-corrected chi connectivity index (χ0v) is 24.9. The van der Waals surface area contributed by atoms with Gasteiger partial charge in [-0.25, -0.2) is 19.0 Å². The van der Waals surface area contributed by atoms with E-state index in [0.29, 0.717) is 24.5 Å². The number of alkyl halides is 11. The molecule has 0 bridgehead atoms. The molecule has 0 saturated carbocycles. The van der Waals surface area contributed by atoms with Crippen LogP contribution < -0.4 is 0 Å². The predicted octanol–water partition coefficient (Wildman–Crippen LogP) is 10.0. The first-order valence-corrected chi connectivity index (χ1v) is 14.4. The average Bonchev–Trinajstić information content (AvgIpc) is 3.36. The maximum absolute atomic E-state index is 14.2. The second-order valence-corrected chi connectivity index (χ2v) is 10.8. The van der Waals surface area contributed by atoms with Crippen molar-refractivity contribution in [3.8, 4) is 11.3 Å². The van der Waals surface area contributed by atoms with Crippen molar-refractivity contribution >= 4 is 28.7 Å². The molecule has 0 amide bonds. The van der Waals surface area contributed by atoms with E-state index >= 15 is 0 Å². The number of carbonyl (C=O) groups is 1. The number of rotatable bonds is 17. The van der Waals surface area contributed by atoms with Crippen LogP contribution in [0.15, 0.2) is 64.4 Å². The number of furan rings is 1. The van der Waals surface area contributed by atoms with Crippen molar-refractivity contribution in [2.75, 3.05) is 12.4 Å². The summed E-state index contributed by atoms with van der Waals surface area (Å²) in [4.78, 5) is 10.7. The second kappa shape index (κ2) is 14.8. The number of esters is 1. The largest absolute Gasteiger partial charge is 0.496 e. The molecule has 47 heavy (non-hydrogen) atoms. The molecule has 0 fully saturated rings. The van der Waals surface area contributed by atoms with Gasteiger partial charge in [-0.2, -0.15) is 30.7 Å². The number of aryl methyl sites for hydroxylation is 1. The van der Waals surface area contributed by atoms with Crippen molar-refractivity contribution in [3.05, 3.63) is 66.2 Å². The summed E-state index contributed by atoms with van der Waals surface area (Å²) in [6.07, 6.45) is -23.3. The van der Waals surface area contributed by atoms with Crippen LogP contribution in [-0.4, -0.2) is 43.1 Å². The van der Waals surface area contributed by atoms with Gasteiger partial charge in [0.2, 0.25) is 0 Å². The van der Waals surface area contributed by atoms with Crippen LogP contribution in [0.5, 0.6) is 0 Å². The SMILES string of the molecule is C=CC(=O)OCC(F)(F)OC(F)(F)OC(F)(F)OC(F)(F)CSc1ccc2cc(-c3ccc(CCCCC)cc3C(F)(F)F)oc2c1. The van der Waals surface area contributed by atoms with E-state index in [2.05, 4.69) is 25.5 Å². The molecule has 0 saturated heterocycles. The van der Waals surface area contributed by atoms with E-state index < -0.39 is 54.9 Å². The van der Waals surface area contributed by atoms with Crippen LogP contribution in [0.3, 0.4) is 0 Å². The van der Waals surface area contributed by atoms with E-state index in [1.165, 1.54) is 30.3 Å². The number of thioether (sulfide) groups is 1. The molecule has 18 heteroatoms. The summed E-state index contributed by atoms with van der Waals surface area (Å²) in [6.45, 7) is 2.61. The van der Waals surface area contributed by atoms with E-state index in [-0.39, 0.29) is 39.0 Å². The molecule has 2 aromatic carbocycles. The highest BCUT2D eigenvalue weighted by Gasteiger charge is 2.56. The highest BCUT2D eigenvalue weighted by Crippen LogP contribution is 2.42. The lowest BCUT2D eigenvalue weighted by molar-refractivity contribution is -0.572. The Balaban J connectivity index is 1.69. The fourth-order valence-electron chi connectivity index (χ4n) is 3.98. The summed E-state index contributed by atoms with van der Waals surface area (Å²) >= 11 is 0.147. The van der Waals surface area contributed by atoms with Gasteiger partial charge in [0, 0.05) is 21.9 Å². The van der Waals surface area contributed by atoms with E-state index in [1.54, 1.807) is 0 Å². The first-order chi connectivity index (χ1) is 21.6. The van der Waals surface area contributed by atoms with Crippen molar-refractivity contribution in [1.29, 1.82) is 0 Å². The Kier molecular flexibility index (Phi) is 12.0. The second-order valence-electron chi connectivity index (χ2n) is 9.75. The Morgan fingerprint density at radius 2 is 1.51 bits per heavy atom. The number of fused-ring (bicyclic) bond motifs is 1. The third-order valence-electron chi connectivity index (χ3n) is 5.95. The topological polar surface area (TPSA) is 67.1 Å². The molecule has 260 valence electrons. The fourth-order valence-corrected chi connectivity index (χ4v) is 4.73. The van der Waals surface area contributed by atoms with E-state index in [1.807, 2.05) is 6.92 Å². The van der Waals surface area contributed by atoms with Crippen LogP contribution in [0.2, 0.25) is 0 Å². The maximum Gasteiger partial charge on any atom is 0.496 e. The number of benzene rings is 2. The van der Waals surface area contributed by atoms with Gasteiger partial charge < -0.3 is 9.15 Å². The van der Waals surface area contributed by atoms with Crippen LogP contribution in [0.4, 0.5) is 48.3 Å². The van der Waals surface area contributed by atoms with Gasteiger partial charge in [0.05, 0.1) is 11.3 Å². The zero-order valence-electron chi connectivity index (χ0n) is 24.1. The van der Waals surface area contributed by atoms with Gasteiger partial charge in [-0.05, 0) is 48.7 Å². The van der Waals surface area contributed by atoms with Gasteiger partial charge in [-0.3, -0.25) is 0 Å². The number of hydrogen-bond acceptors (Lipinski definition) is 7. The molecule has 0 atom stereocenters. The molecule has 0 N–H and O–H groups in total. The average molecular weight is 711 g/mol. The first kappa shape index (κ1) is 38.1. The lowest BCUT2D eigenvalue weighted by atomic mass is 9.98. The lowest BCUT2D eigenvalue weighted by Crippen LogP contribution is -2.46. The first-order valence-electron chi connectivity index (χ1n) is 13.4. The minimum atomic E-state index is -5.92. The Morgan fingerprint density at radius 1 is 0.851 bits per heavy atom. The predicted molar refractivity (Wildman–Crippen MR) is 145 cm³/mol. The molecule has 6 nitrogen and oxygen atoms in total. The van der Waals surface area contributed by atoms with Crippen LogP contribution in [-0.2, 0) is 36.3 Å². The van der Waals surface area contributed by atoms with Crippen molar-refractivity contribution in [2.24, 2.45) is 0 Å². The highest BCUT2D eigenvalue weighted by molar-refractivity contribution is 7.99. The number of halogens is 11. The number of hydrogen-bond donors (Lipinski definition) is 0. The minimum Gasteiger partial charge on any atom is -0.456 e. The normalized spacial score (nSPS) is 13.3. The summed E-state index contributed by atoms with van der Waals surface area (Å²) in [5, 5.41) is 0.269. The van der Waals surface area contributed by atoms with E-state index in [9.17, 15) is 53.1 Å². The van der Waals surface area contributed by atoms with Gasteiger partial charge in [-0.1, -0.05) is 38.5 Å². The van der Waals surface area contributed by atoms with E-state index in [0.717, 1.165) is 25.0 Å². The number of carbonyl (C=O) groups excluding carboxylic acids is 1. The number of unbranched alkanes of at least 4 members (excludes halogenated alkanes) is 2. The van der Waals surface area contributed by atoms with Crippen LogP contribution in [0, 0.1) is 0 Å². The molecule has 0 aliphatic rings. The van der Waals surface area contributed by atoms with Crippen molar-refractivity contribution < 1.29 is 76.5 Å². The van der Waals surface area contributed by atoms with Gasteiger partial charge in [0.1, 0.15) is 11.3 Å². The summed E-state index contributed by atoms with van der Waals surface area (Å²) in [5.74, 6) is -3.36. The summed E-state index contributed by atoms with van der Waals surface area (Å²) in [6, 6.07) is 8.70. The summed E-state index contributed by atoms with van der Waals surface area (Å²) in [5.41, 5.74) is -0.805. The molecular formula is C29H25F11O6S. The molecule has 3 aromatic rings. The summed E-state index contributed by atoms with van der Waals surface area (Å²) in [7, 11) is 0. The molecule has 0 aliphatic heterocycles. The van der Waals surface area contributed by atoms with Crippen molar-refractivity contribution in [1.82, 2.24) is 0 Å². The Hall–Kier alpha value is -3.35. The van der Waals surface area contributed by atoms with Gasteiger partial charge in [0.25, 0.3) is 0 Å². The Morgan fingerprint density at radius 3 is 2.13 bits per heavy atom. The third kappa shape index (κ3) is 11.7. The molecule has 1 heterocycles. The third-order valence-corrected chi connectivity index (χ3v) is 7.01. The lowest BCUT2D eigenvalue weighted by Gasteiger charge is -2.27. The van der Waals surface area contributed by atoms with Crippen LogP contribution in [0.25, 0.3) is 22.3 Å².